The summed E-state index contributed by atoms with van der Waals surface area (Å²) in [4.78, 5) is 23.9. The highest BCUT2D eigenvalue weighted by atomic mass is 16.5. The maximum atomic E-state index is 12.0. The molecule has 1 aromatic carbocycles. The first-order chi connectivity index (χ1) is 11.6. The molecule has 0 saturated heterocycles. The van der Waals surface area contributed by atoms with Crippen LogP contribution in [0.25, 0.3) is 11.0 Å². The van der Waals surface area contributed by atoms with Gasteiger partial charge in [-0.05, 0) is 38.3 Å². The van der Waals surface area contributed by atoms with E-state index in [0.29, 0.717) is 12.2 Å². The van der Waals surface area contributed by atoms with Crippen LogP contribution in [0.4, 0.5) is 0 Å². The molecular formula is C19H21NO4. The zero-order valence-electron chi connectivity index (χ0n) is 13.7. The molecule has 1 aliphatic rings. The van der Waals surface area contributed by atoms with E-state index in [2.05, 4.69) is 11.4 Å². The lowest BCUT2D eigenvalue weighted by Crippen LogP contribution is -2.32. The van der Waals surface area contributed by atoms with Gasteiger partial charge in [-0.2, -0.15) is 0 Å². The van der Waals surface area contributed by atoms with E-state index in [0.717, 1.165) is 23.8 Å². The normalized spacial score (nSPS) is 18.3. The monoisotopic (exact) mass is 327 g/mol. The highest BCUT2D eigenvalue weighted by Gasteiger charge is 2.21. The number of nitrogens with one attached hydrogen (secondary N) is 1. The summed E-state index contributed by atoms with van der Waals surface area (Å²) in [5.74, 6) is -0.0857. The summed E-state index contributed by atoms with van der Waals surface area (Å²) in [6.07, 6.45) is 6.40. The number of hydrogen-bond acceptors (Lipinski definition) is 4. The molecule has 0 aliphatic heterocycles. The van der Waals surface area contributed by atoms with Crippen LogP contribution < -0.4 is 5.32 Å². The maximum Gasteiger partial charge on any atom is 0.309 e. The van der Waals surface area contributed by atoms with Crippen molar-refractivity contribution in [3.8, 4) is 0 Å². The Balaban J connectivity index is 1.50. The Morgan fingerprint density at radius 1 is 1.33 bits per heavy atom. The number of fused-ring (bicyclic) bond motifs is 1. The highest BCUT2D eigenvalue weighted by Crippen LogP contribution is 2.23. The lowest BCUT2D eigenvalue weighted by Gasteiger charge is -2.17. The van der Waals surface area contributed by atoms with Crippen LogP contribution in [0.15, 0.2) is 46.9 Å². The van der Waals surface area contributed by atoms with Crippen LogP contribution in [-0.2, 0) is 14.3 Å². The zero-order chi connectivity index (χ0) is 16.9. The van der Waals surface area contributed by atoms with E-state index in [1.165, 1.54) is 0 Å². The lowest BCUT2D eigenvalue weighted by molar-refractivity contribution is -0.153. The summed E-state index contributed by atoms with van der Waals surface area (Å²) < 4.78 is 10.8. The molecule has 5 heteroatoms. The molecule has 1 heterocycles. The molecule has 1 amide bonds. The van der Waals surface area contributed by atoms with Crippen molar-refractivity contribution < 1.29 is 18.7 Å². The molecular weight excluding hydrogens is 306 g/mol. The molecule has 1 aromatic heterocycles. The van der Waals surface area contributed by atoms with Crippen LogP contribution >= 0.6 is 0 Å². The molecule has 1 aliphatic carbocycles. The Labute approximate surface area is 140 Å². The van der Waals surface area contributed by atoms with Crippen molar-refractivity contribution in [2.75, 3.05) is 6.61 Å². The van der Waals surface area contributed by atoms with Crippen LogP contribution in [0, 0.1) is 5.92 Å². The Kier molecular flexibility index (Phi) is 4.99. The molecule has 1 N–H and O–H groups in total. The van der Waals surface area contributed by atoms with Gasteiger partial charge in [0.1, 0.15) is 11.3 Å². The summed E-state index contributed by atoms with van der Waals surface area (Å²) in [7, 11) is 0. The molecule has 0 spiro atoms. The van der Waals surface area contributed by atoms with Crippen LogP contribution in [0.1, 0.15) is 38.0 Å². The second-order valence-corrected chi connectivity index (χ2v) is 6.06. The first-order valence-corrected chi connectivity index (χ1v) is 8.23. The Hall–Kier alpha value is -2.56. The average molecular weight is 327 g/mol. The van der Waals surface area contributed by atoms with Crippen LogP contribution in [0.5, 0.6) is 0 Å². The Morgan fingerprint density at radius 2 is 2.17 bits per heavy atom. The predicted molar refractivity (Wildman–Crippen MR) is 90.2 cm³/mol. The van der Waals surface area contributed by atoms with Gasteiger partial charge in [0.2, 0.25) is 0 Å². The number of amides is 1. The minimum atomic E-state index is -0.331. The topological polar surface area (TPSA) is 68.5 Å². The summed E-state index contributed by atoms with van der Waals surface area (Å²) in [5, 5.41) is 3.78. The van der Waals surface area contributed by atoms with E-state index in [4.69, 9.17) is 9.15 Å². The molecule has 2 atom stereocenters. The largest absolute Gasteiger partial charge is 0.459 e. The van der Waals surface area contributed by atoms with Crippen LogP contribution in [0.2, 0.25) is 0 Å². The quantitative estimate of drug-likeness (QED) is 0.674. The van der Waals surface area contributed by atoms with Gasteiger partial charge in [-0.1, -0.05) is 30.4 Å². The summed E-state index contributed by atoms with van der Waals surface area (Å²) >= 11 is 0. The molecule has 0 saturated carbocycles. The van der Waals surface area contributed by atoms with Crippen molar-refractivity contribution in [3.05, 3.63) is 48.2 Å². The molecule has 2 aromatic rings. The lowest BCUT2D eigenvalue weighted by atomic mass is 9.95. The maximum absolute atomic E-state index is 12.0. The number of ether oxygens (including phenoxy) is 1. The third-order valence-corrected chi connectivity index (χ3v) is 4.20. The second kappa shape index (κ2) is 7.34. The highest BCUT2D eigenvalue weighted by molar-refractivity contribution is 5.82. The van der Waals surface area contributed by atoms with Crippen molar-refractivity contribution in [2.24, 2.45) is 5.92 Å². The fraction of sp³-hybridized carbons (Fsp3) is 0.368. The number of carbonyl (C=O) groups is 2. The van der Waals surface area contributed by atoms with E-state index in [1.54, 1.807) is 0 Å². The van der Waals surface area contributed by atoms with Gasteiger partial charge in [-0.15, -0.1) is 0 Å². The second-order valence-electron chi connectivity index (χ2n) is 6.06. The fourth-order valence-corrected chi connectivity index (χ4v) is 2.83. The van der Waals surface area contributed by atoms with Crippen LogP contribution in [0.3, 0.4) is 0 Å². The van der Waals surface area contributed by atoms with Gasteiger partial charge >= 0.3 is 5.97 Å². The van der Waals surface area contributed by atoms with Crippen molar-refractivity contribution in [3.63, 3.8) is 0 Å². The number of furan rings is 1. The van der Waals surface area contributed by atoms with E-state index in [9.17, 15) is 9.59 Å². The molecule has 0 unspecified atom stereocenters. The molecule has 126 valence electrons. The first kappa shape index (κ1) is 16.3. The molecule has 0 radical (unpaired) electrons. The van der Waals surface area contributed by atoms with Gasteiger partial charge in [0.25, 0.3) is 5.91 Å². The molecule has 24 heavy (non-hydrogen) atoms. The van der Waals surface area contributed by atoms with Gasteiger partial charge in [-0.25, -0.2) is 0 Å². The van der Waals surface area contributed by atoms with Crippen molar-refractivity contribution in [1.29, 1.82) is 0 Å². The summed E-state index contributed by atoms with van der Waals surface area (Å²) in [5.41, 5.74) is 0.783. The number of hydrogen-bond donors (Lipinski definition) is 1. The molecule has 0 fully saturated rings. The van der Waals surface area contributed by atoms with Gasteiger partial charge in [0, 0.05) is 5.39 Å². The molecule has 0 bridgehead atoms. The van der Waals surface area contributed by atoms with E-state index in [1.807, 2.05) is 43.3 Å². The third kappa shape index (κ3) is 3.85. The minimum absolute atomic E-state index is 0.129. The number of esters is 1. The number of allylic oxidation sites excluding steroid dienone is 2. The van der Waals surface area contributed by atoms with Gasteiger partial charge in [-0.3, -0.25) is 9.59 Å². The average Bonchev–Trinajstić information content (AvgIpc) is 3.05. The molecule has 3 rings (SSSR count). The van der Waals surface area contributed by atoms with Crippen molar-refractivity contribution in [1.82, 2.24) is 5.32 Å². The zero-order valence-corrected chi connectivity index (χ0v) is 13.7. The first-order valence-electron chi connectivity index (χ1n) is 8.23. The van der Waals surface area contributed by atoms with Crippen LogP contribution in [-0.4, -0.2) is 18.5 Å². The summed E-state index contributed by atoms with van der Waals surface area (Å²) in [6, 6.07) is 9.29. The number of carbonyl (C=O) groups excluding carboxylic acids is 2. The number of para-hydroxylation sites is 1. The van der Waals surface area contributed by atoms with E-state index in [-0.39, 0.29) is 30.4 Å². The fourth-order valence-electron chi connectivity index (χ4n) is 2.83. The molecule has 5 nitrogen and oxygen atoms in total. The van der Waals surface area contributed by atoms with Gasteiger partial charge in [0.15, 0.2) is 6.61 Å². The van der Waals surface area contributed by atoms with Crippen molar-refractivity contribution >= 4 is 22.8 Å². The van der Waals surface area contributed by atoms with E-state index < -0.39 is 0 Å². The Bertz CT molecular complexity index is 729. The third-order valence-electron chi connectivity index (χ3n) is 4.20. The predicted octanol–water partition coefficient (Wildman–Crippen LogP) is 3.51. The smallest absolute Gasteiger partial charge is 0.309 e. The minimum Gasteiger partial charge on any atom is -0.459 e. The standard InChI is InChI=1S/C19H21NO4/c1-13(17-11-15-9-5-6-10-16(15)24-17)20-18(21)12-23-19(22)14-7-3-2-4-8-14/h2-3,5-6,9-11,13-14H,4,7-8,12H2,1H3,(H,20,21)/t13-,14+/m0/s1. The number of benzene rings is 1. The summed E-state index contributed by atoms with van der Waals surface area (Å²) in [6.45, 7) is 1.58. The SMILES string of the molecule is C[C@H](NC(=O)COC(=O)[C@@H]1CC=CCC1)c1cc2ccccc2o1. The van der Waals surface area contributed by atoms with E-state index >= 15 is 0 Å². The van der Waals surface area contributed by atoms with Gasteiger partial charge in [0.05, 0.1) is 12.0 Å². The Morgan fingerprint density at radius 3 is 2.92 bits per heavy atom. The number of rotatable bonds is 5. The van der Waals surface area contributed by atoms with Gasteiger partial charge < -0.3 is 14.5 Å². The van der Waals surface area contributed by atoms with Crippen molar-refractivity contribution in [2.45, 2.75) is 32.2 Å².